The van der Waals surface area contributed by atoms with E-state index >= 15 is 0 Å². The van der Waals surface area contributed by atoms with Crippen LogP contribution in [0.1, 0.15) is 23.9 Å². The maximum absolute atomic E-state index is 5.73. The van der Waals surface area contributed by atoms with Crippen molar-refractivity contribution in [2.75, 3.05) is 13.7 Å². The predicted octanol–water partition coefficient (Wildman–Crippen LogP) is 3.99. The zero-order valence-corrected chi connectivity index (χ0v) is 14.6. The lowest BCUT2D eigenvalue weighted by Crippen LogP contribution is -2.12. The lowest BCUT2D eigenvalue weighted by atomic mass is 10.2. The van der Waals surface area contributed by atoms with Crippen LogP contribution in [0.3, 0.4) is 0 Å². The summed E-state index contributed by atoms with van der Waals surface area (Å²) in [5.74, 6) is 1.52. The van der Waals surface area contributed by atoms with Crippen molar-refractivity contribution in [1.29, 1.82) is 0 Å². The van der Waals surface area contributed by atoms with E-state index in [1.807, 2.05) is 17.6 Å². The van der Waals surface area contributed by atoms with Crippen LogP contribution in [0.15, 0.2) is 28.2 Å². The molecule has 0 amide bonds. The molecular formula is C15H19BrN2O2S. The Morgan fingerprint density at radius 3 is 2.86 bits per heavy atom. The third-order valence-corrected chi connectivity index (χ3v) is 4.20. The van der Waals surface area contributed by atoms with Crippen LogP contribution in [0.5, 0.6) is 11.5 Å². The van der Waals surface area contributed by atoms with Crippen LogP contribution in [-0.4, -0.2) is 18.7 Å². The van der Waals surface area contributed by atoms with Gasteiger partial charge in [0.2, 0.25) is 0 Å². The van der Waals surface area contributed by atoms with E-state index in [4.69, 9.17) is 9.47 Å². The van der Waals surface area contributed by atoms with E-state index in [-0.39, 0.29) is 0 Å². The largest absolute Gasteiger partial charge is 0.493 e. The standard InChI is InChI=1S/C15H19BrN2O2S/c1-3-5-20-15-12(16)7-11(8-13(15)19-2)9-17-10-14-18-4-6-21-14/h4,6-8,17H,3,5,9-10H2,1-2H3. The normalized spacial score (nSPS) is 10.6. The highest BCUT2D eigenvalue weighted by Gasteiger charge is 2.11. The average Bonchev–Trinajstić information content (AvgIpc) is 2.99. The molecule has 114 valence electrons. The number of aromatic nitrogens is 1. The zero-order valence-electron chi connectivity index (χ0n) is 12.2. The molecule has 2 aromatic rings. The van der Waals surface area contributed by atoms with Crippen LogP contribution in [0.2, 0.25) is 0 Å². The Labute approximate surface area is 137 Å². The summed E-state index contributed by atoms with van der Waals surface area (Å²) in [6.07, 6.45) is 2.79. The molecule has 2 rings (SSSR count). The molecule has 0 aliphatic rings. The quantitative estimate of drug-likeness (QED) is 0.762. The van der Waals surface area contributed by atoms with Gasteiger partial charge in [-0.2, -0.15) is 0 Å². The van der Waals surface area contributed by atoms with Crippen LogP contribution in [0.25, 0.3) is 0 Å². The van der Waals surface area contributed by atoms with Crippen LogP contribution in [0, 0.1) is 0 Å². The highest BCUT2D eigenvalue weighted by molar-refractivity contribution is 9.10. The van der Waals surface area contributed by atoms with E-state index in [2.05, 4.69) is 39.2 Å². The number of hydrogen-bond donors (Lipinski definition) is 1. The summed E-state index contributed by atoms with van der Waals surface area (Å²) in [6, 6.07) is 4.06. The number of nitrogens with one attached hydrogen (secondary N) is 1. The Hall–Kier alpha value is -1.11. The van der Waals surface area contributed by atoms with Crippen molar-refractivity contribution >= 4 is 27.3 Å². The van der Waals surface area contributed by atoms with E-state index in [9.17, 15) is 0 Å². The first kappa shape index (κ1) is 16.3. The number of thiazole rings is 1. The molecule has 0 aliphatic carbocycles. The molecule has 6 heteroatoms. The Kier molecular flexibility index (Phi) is 6.48. The highest BCUT2D eigenvalue weighted by atomic mass is 79.9. The van der Waals surface area contributed by atoms with Crippen molar-refractivity contribution in [2.24, 2.45) is 0 Å². The van der Waals surface area contributed by atoms with Gasteiger partial charge in [0, 0.05) is 24.7 Å². The smallest absolute Gasteiger partial charge is 0.175 e. The minimum atomic E-state index is 0.677. The van der Waals surface area contributed by atoms with Gasteiger partial charge < -0.3 is 14.8 Å². The van der Waals surface area contributed by atoms with Gasteiger partial charge >= 0.3 is 0 Å². The van der Waals surface area contributed by atoms with Crippen LogP contribution >= 0.6 is 27.3 Å². The molecule has 0 saturated carbocycles. The molecule has 1 N–H and O–H groups in total. The first-order chi connectivity index (χ1) is 10.2. The lowest BCUT2D eigenvalue weighted by Gasteiger charge is -2.14. The van der Waals surface area contributed by atoms with E-state index in [0.717, 1.165) is 46.1 Å². The fraction of sp³-hybridized carbons (Fsp3) is 0.400. The predicted molar refractivity (Wildman–Crippen MR) is 89.1 cm³/mol. The fourth-order valence-corrected chi connectivity index (χ4v) is 3.06. The molecule has 0 fully saturated rings. The van der Waals surface area contributed by atoms with Crippen LogP contribution in [0.4, 0.5) is 0 Å². The Morgan fingerprint density at radius 1 is 1.33 bits per heavy atom. The second kappa shape index (κ2) is 8.36. The summed E-state index contributed by atoms with van der Waals surface area (Å²) in [7, 11) is 1.66. The third kappa shape index (κ3) is 4.69. The van der Waals surface area contributed by atoms with Crippen molar-refractivity contribution in [3.63, 3.8) is 0 Å². The molecule has 1 aromatic heterocycles. The Morgan fingerprint density at radius 2 is 2.19 bits per heavy atom. The van der Waals surface area contributed by atoms with Gasteiger partial charge in [-0.3, -0.25) is 0 Å². The molecule has 0 radical (unpaired) electrons. The summed E-state index contributed by atoms with van der Waals surface area (Å²) in [5, 5.41) is 6.45. The topological polar surface area (TPSA) is 43.4 Å². The molecule has 1 heterocycles. The summed E-state index contributed by atoms with van der Waals surface area (Å²) < 4.78 is 12.1. The molecular weight excluding hydrogens is 352 g/mol. The Balaban J connectivity index is 2.01. The average molecular weight is 371 g/mol. The van der Waals surface area contributed by atoms with Gasteiger partial charge in [0.15, 0.2) is 11.5 Å². The maximum Gasteiger partial charge on any atom is 0.175 e. The number of nitrogens with zero attached hydrogens (tertiary/aromatic N) is 1. The number of ether oxygens (including phenoxy) is 2. The van der Waals surface area contributed by atoms with E-state index in [1.165, 1.54) is 0 Å². The Bertz CT molecular complexity index is 561. The van der Waals surface area contributed by atoms with Gasteiger partial charge in [0.25, 0.3) is 0 Å². The van der Waals surface area contributed by atoms with Gasteiger partial charge in [0.1, 0.15) is 5.01 Å². The fourth-order valence-electron chi connectivity index (χ4n) is 1.87. The van der Waals surface area contributed by atoms with E-state index in [1.54, 1.807) is 18.4 Å². The summed E-state index contributed by atoms with van der Waals surface area (Å²) in [4.78, 5) is 4.25. The lowest BCUT2D eigenvalue weighted by molar-refractivity contribution is 0.292. The van der Waals surface area contributed by atoms with Crippen LogP contribution in [-0.2, 0) is 13.1 Å². The molecule has 0 spiro atoms. The second-order valence-electron chi connectivity index (χ2n) is 4.49. The molecule has 1 aromatic carbocycles. The SMILES string of the molecule is CCCOc1c(Br)cc(CNCc2nccs2)cc1OC. The zero-order chi connectivity index (χ0) is 15.1. The number of benzene rings is 1. The molecule has 0 bridgehead atoms. The van der Waals surface area contributed by atoms with Crippen molar-refractivity contribution in [1.82, 2.24) is 10.3 Å². The summed E-state index contributed by atoms with van der Waals surface area (Å²) in [6.45, 7) is 4.28. The van der Waals surface area contributed by atoms with Gasteiger partial charge in [-0.25, -0.2) is 4.98 Å². The molecule has 0 aliphatic heterocycles. The van der Waals surface area contributed by atoms with Crippen LogP contribution < -0.4 is 14.8 Å². The minimum Gasteiger partial charge on any atom is -0.493 e. The molecule has 0 atom stereocenters. The number of hydrogen-bond acceptors (Lipinski definition) is 5. The monoisotopic (exact) mass is 370 g/mol. The molecule has 4 nitrogen and oxygen atoms in total. The summed E-state index contributed by atoms with van der Waals surface area (Å²) in [5.41, 5.74) is 1.14. The van der Waals surface area contributed by atoms with Crippen molar-refractivity contribution in [3.05, 3.63) is 38.8 Å². The first-order valence-electron chi connectivity index (χ1n) is 6.83. The maximum atomic E-state index is 5.73. The van der Waals surface area contributed by atoms with Crippen molar-refractivity contribution < 1.29 is 9.47 Å². The first-order valence-corrected chi connectivity index (χ1v) is 8.50. The van der Waals surface area contributed by atoms with Gasteiger partial charge in [-0.05, 0) is 40.0 Å². The summed E-state index contributed by atoms with van der Waals surface area (Å²) >= 11 is 5.21. The minimum absolute atomic E-state index is 0.677. The molecule has 21 heavy (non-hydrogen) atoms. The number of halogens is 1. The number of methoxy groups -OCH3 is 1. The van der Waals surface area contributed by atoms with Crippen molar-refractivity contribution in [2.45, 2.75) is 26.4 Å². The number of rotatable bonds is 8. The molecule has 0 saturated heterocycles. The van der Waals surface area contributed by atoms with E-state index in [0.29, 0.717) is 6.61 Å². The van der Waals surface area contributed by atoms with Gasteiger partial charge in [-0.15, -0.1) is 11.3 Å². The van der Waals surface area contributed by atoms with Gasteiger partial charge in [0.05, 0.1) is 18.2 Å². The van der Waals surface area contributed by atoms with Crippen molar-refractivity contribution in [3.8, 4) is 11.5 Å². The molecule has 0 unspecified atom stereocenters. The second-order valence-corrected chi connectivity index (χ2v) is 6.32. The highest BCUT2D eigenvalue weighted by Crippen LogP contribution is 2.36. The van der Waals surface area contributed by atoms with Gasteiger partial charge in [-0.1, -0.05) is 6.92 Å². The third-order valence-electron chi connectivity index (χ3n) is 2.83. The van der Waals surface area contributed by atoms with E-state index < -0.39 is 0 Å².